The number of nitrogens with zero attached hydrogens (tertiary/aromatic N) is 1. The molecule has 0 aliphatic carbocycles. The van der Waals surface area contributed by atoms with Crippen molar-refractivity contribution in [2.45, 2.75) is 35.5 Å². The molecule has 43 heavy (non-hydrogen) atoms. The minimum absolute atomic E-state index is 0.0229. The van der Waals surface area contributed by atoms with Crippen molar-refractivity contribution in [2.75, 3.05) is 0 Å². The summed E-state index contributed by atoms with van der Waals surface area (Å²) in [6.45, 7) is 8.63. The highest BCUT2D eigenvalue weighted by molar-refractivity contribution is 8.01. The Bertz CT molecular complexity index is 2010. The van der Waals surface area contributed by atoms with E-state index in [1.807, 2.05) is 16.7 Å². The fourth-order valence-electron chi connectivity index (χ4n) is 7.02. The quantitative estimate of drug-likeness (QED) is 0.165. The maximum atomic E-state index is 14.0. The van der Waals surface area contributed by atoms with Gasteiger partial charge in [0.1, 0.15) is 11.4 Å². The highest BCUT2D eigenvalue weighted by atomic mass is 32.2. The number of amides is 1. The van der Waals surface area contributed by atoms with Crippen molar-refractivity contribution in [2.24, 2.45) is 0 Å². The number of thioether (sulfide) groups is 1. The van der Waals surface area contributed by atoms with Gasteiger partial charge >= 0.3 is 0 Å². The molecule has 4 heteroatoms. The van der Waals surface area contributed by atoms with Crippen LogP contribution in [0.15, 0.2) is 140 Å². The van der Waals surface area contributed by atoms with Gasteiger partial charge in [-0.1, -0.05) is 122 Å². The fraction of sp³-hybridized carbons (Fsp3) is 0.154. The Hall–Kier alpha value is -4.38. The maximum Gasteiger partial charge on any atom is 0.248 e. The van der Waals surface area contributed by atoms with Crippen molar-refractivity contribution in [3.05, 3.63) is 156 Å². The highest BCUT2D eigenvalue weighted by Crippen LogP contribution is 2.54. The summed E-state index contributed by atoms with van der Waals surface area (Å²) in [5.74, 6) is 0.0827. The van der Waals surface area contributed by atoms with Crippen molar-refractivity contribution in [1.82, 2.24) is 10.2 Å². The predicted octanol–water partition coefficient (Wildman–Crippen LogP) is 8.60. The van der Waals surface area contributed by atoms with Crippen molar-refractivity contribution < 1.29 is 4.79 Å². The molecule has 8 rings (SSSR count). The lowest BCUT2D eigenvalue weighted by Crippen LogP contribution is -2.69. The van der Waals surface area contributed by atoms with Gasteiger partial charge in [0.15, 0.2) is 0 Å². The minimum atomic E-state index is -0.823. The maximum absolute atomic E-state index is 14.0. The van der Waals surface area contributed by atoms with Crippen LogP contribution < -0.4 is 5.32 Å². The zero-order valence-corrected chi connectivity index (χ0v) is 25.1. The lowest BCUT2D eigenvalue weighted by Gasteiger charge is -2.48. The fourth-order valence-corrected chi connectivity index (χ4v) is 8.51. The van der Waals surface area contributed by atoms with Crippen molar-refractivity contribution in [1.29, 1.82) is 0 Å². The van der Waals surface area contributed by atoms with Crippen LogP contribution in [-0.4, -0.2) is 27.0 Å². The number of hydrogen-bond acceptors (Lipinski definition) is 3. The van der Waals surface area contributed by atoms with Gasteiger partial charge in [-0.25, -0.2) is 0 Å². The summed E-state index contributed by atoms with van der Waals surface area (Å²) in [4.78, 5) is 15.9. The van der Waals surface area contributed by atoms with Crippen molar-refractivity contribution in [3.8, 4) is 0 Å². The Kier molecular flexibility index (Phi) is 5.84. The Morgan fingerprint density at radius 3 is 1.86 bits per heavy atom. The molecule has 0 saturated carbocycles. The van der Waals surface area contributed by atoms with Crippen LogP contribution in [-0.2, 0) is 10.3 Å². The van der Waals surface area contributed by atoms with E-state index in [1.54, 1.807) is 0 Å². The highest BCUT2D eigenvalue weighted by Gasteiger charge is 2.60. The first kappa shape index (κ1) is 26.3. The summed E-state index contributed by atoms with van der Waals surface area (Å²) in [6, 6.07) is 45.2. The summed E-state index contributed by atoms with van der Waals surface area (Å²) in [7, 11) is 0. The molecule has 0 unspecified atom stereocenters. The van der Waals surface area contributed by atoms with Crippen LogP contribution in [0.25, 0.3) is 32.3 Å². The first-order chi connectivity index (χ1) is 20.9. The van der Waals surface area contributed by atoms with Crippen LogP contribution >= 0.6 is 11.8 Å². The van der Waals surface area contributed by atoms with E-state index >= 15 is 0 Å². The number of rotatable bonds is 5. The van der Waals surface area contributed by atoms with Gasteiger partial charge in [-0.05, 0) is 75.0 Å². The molecule has 1 amide bonds. The molecule has 1 N–H and O–H groups in total. The van der Waals surface area contributed by atoms with Gasteiger partial charge in [0.25, 0.3) is 0 Å². The number of β-lactam (4-membered cyclic amide) rings is 1. The molecular weight excluding hydrogens is 545 g/mol. The van der Waals surface area contributed by atoms with Crippen LogP contribution in [0, 0.1) is 0 Å². The number of hydrogen-bond donors (Lipinski definition) is 1. The van der Waals surface area contributed by atoms with Crippen molar-refractivity contribution in [3.63, 3.8) is 0 Å². The summed E-state index contributed by atoms with van der Waals surface area (Å²) in [5, 5.41) is 11.1. The van der Waals surface area contributed by atoms with E-state index in [-0.39, 0.29) is 22.1 Å². The molecule has 0 radical (unpaired) electrons. The van der Waals surface area contributed by atoms with E-state index in [0.717, 1.165) is 27.8 Å². The third-order valence-electron chi connectivity index (χ3n) is 9.37. The zero-order valence-electron chi connectivity index (χ0n) is 24.2. The Balaban J connectivity index is 1.44. The summed E-state index contributed by atoms with van der Waals surface area (Å²) < 4.78 is -0.204. The lowest BCUT2D eigenvalue weighted by atomic mass is 9.73. The predicted molar refractivity (Wildman–Crippen MR) is 180 cm³/mol. The van der Waals surface area contributed by atoms with Crippen LogP contribution in [0.4, 0.5) is 0 Å². The summed E-state index contributed by atoms with van der Waals surface area (Å²) in [5.41, 5.74) is 3.40. The molecule has 0 bridgehead atoms. The number of nitrogens with one attached hydrogen (secondary N) is 1. The summed E-state index contributed by atoms with van der Waals surface area (Å²) in [6.07, 6.45) is 0. The molecule has 2 atom stereocenters. The molecule has 2 aliphatic heterocycles. The summed E-state index contributed by atoms with van der Waals surface area (Å²) >= 11 is 1.82. The van der Waals surface area contributed by atoms with Crippen LogP contribution in [0.2, 0.25) is 0 Å². The first-order valence-corrected chi connectivity index (χ1v) is 15.7. The van der Waals surface area contributed by atoms with Crippen LogP contribution in [0.3, 0.4) is 0 Å². The van der Waals surface area contributed by atoms with Gasteiger partial charge in [-0.3, -0.25) is 15.0 Å². The normalized spacial score (nSPS) is 19.6. The Morgan fingerprint density at radius 1 is 0.698 bits per heavy atom. The van der Waals surface area contributed by atoms with Crippen LogP contribution in [0.1, 0.15) is 30.5 Å². The smallest absolute Gasteiger partial charge is 0.248 e. The molecule has 0 spiro atoms. The molecular formula is C39H32N2OS. The Labute approximate surface area is 256 Å². The molecule has 2 heterocycles. The van der Waals surface area contributed by atoms with E-state index in [4.69, 9.17) is 0 Å². The van der Waals surface area contributed by atoms with Gasteiger partial charge in [-0.15, -0.1) is 11.8 Å². The van der Waals surface area contributed by atoms with Gasteiger partial charge in [-0.2, -0.15) is 0 Å². The second-order valence-electron chi connectivity index (χ2n) is 12.2. The zero-order chi connectivity index (χ0) is 29.3. The molecule has 6 aromatic carbocycles. The second-order valence-corrected chi connectivity index (χ2v) is 13.9. The third kappa shape index (κ3) is 3.90. The number of carbonyl (C=O) groups is 1. The van der Waals surface area contributed by atoms with E-state index in [0.29, 0.717) is 0 Å². The van der Waals surface area contributed by atoms with Gasteiger partial charge in [0, 0.05) is 5.70 Å². The van der Waals surface area contributed by atoms with E-state index in [1.165, 1.54) is 26.9 Å². The third-order valence-corrected chi connectivity index (χ3v) is 10.9. The lowest BCUT2D eigenvalue weighted by molar-refractivity contribution is -0.143. The molecule has 6 aromatic rings. The van der Waals surface area contributed by atoms with Gasteiger partial charge in [0.05, 0.1) is 10.3 Å². The molecule has 2 aliphatic rings. The molecule has 2 saturated heterocycles. The van der Waals surface area contributed by atoms with E-state index in [2.05, 4.69) is 153 Å². The number of fused-ring (bicyclic) bond motifs is 4. The van der Waals surface area contributed by atoms with Crippen molar-refractivity contribution >= 4 is 50.0 Å². The average Bonchev–Trinajstić information content (AvgIpc) is 3.26. The van der Waals surface area contributed by atoms with Gasteiger partial charge < -0.3 is 0 Å². The molecule has 210 valence electrons. The molecule has 3 nitrogen and oxygen atoms in total. The number of benzene rings is 6. The van der Waals surface area contributed by atoms with E-state index < -0.39 is 5.54 Å². The standard InChI is InChI=1S/C39H32N2OS/c1-25-38(2,3)43-37-35(36(42)41(25)37)40-39(31-21-19-26-11-4-6-14-29(26)23-31,32-22-20-27-12-5-7-15-30(27)24-32)34-18-10-16-28-13-8-9-17-33(28)34/h4-24,35,37,40H,1H2,2-3H3/t35-,37-/m1/s1. The largest absolute Gasteiger partial charge is 0.299 e. The molecule has 2 fully saturated rings. The minimum Gasteiger partial charge on any atom is -0.299 e. The van der Waals surface area contributed by atoms with Gasteiger partial charge in [0.2, 0.25) is 5.91 Å². The Morgan fingerprint density at radius 2 is 1.23 bits per heavy atom. The topological polar surface area (TPSA) is 32.3 Å². The first-order valence-electron chi connectivity index (χ1n) is 14.8. The molecule has 0 aromatic heterocycles. The number of carbonyl (C=O) groups excluding carboxylic acids is 1. The second kappa shape index (κ2) is 9.57. The average molecular weight is 577 g/mol. The van der Waals surface area contributed by atoms with E-state index in [9.17, 15) is 4.79 Å². The SMILES string of the molecule is C=C1N2C(=O)[C@@H](NC(c3ccc4ccccc4c3)(c3ccc4ccccc4c3)c3cccc4ccccc34)[C@H]2SC1(C)C. The van der Waals surface area contributed by atoms with Crippen LogP contribution in [0.5, 0.6) is 0 Å². The monoisotopic (exact) mass is 576 g/mol.